The van der Waals surface area contributed by atoms with Gasteiger partial charge in [0.25, 0.3) is 0 Å². The average molecular weight is 266 g/mol. The highest BCUT2D eigenvalue weighted by molar-refractivity contribution is 4.92. The lowest BCUT2D eigenvalue weighted by Gasteiger charge is -2.10. The Balaban J connectivity index is 3.20. The molecule has 0 radical (unpaired) electrons. The van der Waals surface area contributed by atoms with E-state index >= 15 is 0 Å². The van der Waals surface area contributed by atoms with E-state index in [0.717, 1.165) is 25.6 Å². The molecule has 0 aromatic heterocycles. The number of unbranched alkanes of at least 4 members (excludes halogenated alkanes) is 4. The fraction of sp³-hybridized carbons (Fsp3) is 0.778. The molecule has 19 heavy (non-hydrogen) atoms. The van der Waals surface area contributed by atoms with Gasteiger partial charge in [0.05, 0.1) is 0 Å². The summed E-state index contributed by atoms with van der Waals surface area (Å²) in [6.07, 6.45) is 14.3. The Kier molecular flexibility index (Phi) is 13.5. The molecule has 1 atom stereocenters. The maximum absolute atomic E-state index is 5.70. The van der Waals surface area contributed by atoms with E-state index < -0.39 is 0 Å². The van der Waals surface area contributed by atoms with Crippen LogP contribution in [0.4, 0.5) is 0 Å². The van der Waals surface area contributed by atoms with Crippen LogP contribution in [-0.4, -0.2) is 13.2 Å². The third-order valence-corrected chi connectivity index (χ3v) is 3.41. The Morgan fingerprint density at radius 3 is 2.42 bits per heavy atom. The fourth-order valence-electron chi connectivity index (χ4n) is 2.03. The van der Waals surface area contributed by atoms with Crippen LogP contribution in [0, 0.1) is 5.92 Å². The van der Waals surface area contributed by atoms with Crippen molar-refractivity contribution in [2.24, 2.45) is 5.92 Å². The summed E-state index contributed by atoms with van der Waals surface area (Å²) in [6, 6.07) is 0. The monoisotopic (exact) mass is 266 g/mol. The summed E-state index contributed by atoms with van der Waals surface area (Å²) < 4.78 is 5.70. The van der Waals surface area contributed by atoms with Crippen molar-refractivity contribution in [2.45, 2.75) is 72.1 Å². The molecule has 1 unspecified atom stereocenters. The maximum atomic E-state index is 5.70. The minimum Gasteiger partial charge on any atom is -0.381 e. The Hall–Kier alpha value is -0.560. The van der Waals surface area contributed by atoms with Gasteiger partial charge in [-0.05, 0) is 58.3 Å². The Labute approximate surface area is 121 Å². The number of ether oxygens (including phenoxy) is 1. The summed E-state index contributed by atoms with van der Waals surface area (Å²) in [4.78, 5) is 0. The molecule has 0 aliphatic rings. The molecular formula is C18H34O. The molecule has 0 aliphatic heterocycles. The Morgan fingerprint density at radius 2 is 1.74 bits per heavy atom. The van der Waals surface area contributed by atoms with Gasteiger partial charge in [-0.25, -0.2) is 0 Å². The molecule has 0 N–H and O–H groups in total. The molecule has 0 aromatic carbocycles. The van der Waals surface area contributed by atoms with Gasteiger partial charge in [0.15, 0.2) is 0 Å². The van der Waals surface area contributed by atoms with Gasteiger partial charge in [-0.15, -0.1) is 6.58 Å². The van der Waals surface area contributed by atoms with Crippen LogP contribution < -0.4 is 0 Å². The lowest BCUT2D eigenvalue weighted by molar-refractivity contribution is 0.117. The second-order valence-electron chi connectivity index (χ2n) is 5.86. The summed E-state index contributed by atoms with van der Waals surface area (Å²) in [5.74, 6) is 0.781. The number of hydrogen-bond acceptors (Lipinski definition) is 1. The molecule has 0 spiro atoms. The first kappa shape index (κ1) is 18.4. The van der Waals surface area contributed by atoms with Crippen molar-refractivity contribution < 1.29 is 4.74 Å². The molecule has 0 saturated heterocycles. The van der Waals surface area contributed by atoms with Crippen molar-refractivity contribution in [1.82, 2.24) is 0 Å². The maximum Gasteiger partial charge on any atom is 0.0468 e. The highest BCUT2D eigenvalue weighted by atomic mass is 16.5. The van der Waals surface area contributed by atoms with Crippen LogP contribution in [-0.2, 0) is 4.74 Å². The molecule has 0 rings (SSSR count). The molecule has 0 fully saturated rings. The third kappa shape index (κ3) is 15.4. The second kappa shape index (κ2) is 13.9. The van der Waals surface area contributed by atoms with Crippen molar-refractivity contribution in [3.05, 3.63) is 24.3 Å². The van der Waals surface area contributed by atoms with Crippen LogP contribution in [0.25, 0.3) is 0 Å². The normalized spacial score (nSPS) is 12.2. The summed E-state index contributed by atoms with van der Waals surface area (Å²) in [5, 5.41) is 0. The first-order chi connectivity index (χ1) is 9.16. The summed E-state index contributed by atoms with van der Waals surface area (Å²) >= 11 is 0. The highest BCUT2D eigenvalue weighted by Gasteiger charge is 2.00. The third-order valence-electron chi connectivity index (χ3n) is 3.41. The van der Waals surface area contributed by atoms with Crippen molar-refractivity contribution in [3.63, 3.8) is 0 Å². The Morgan fingerprint density at radius 1 is 1.00 bits per heavy atom. The largest absolute Gasteiger partial charge is 0.381 e. The van der Waals surface area contributed by atoms with Crippen LogP contribution in [0.2, 0.25) is 0 Å². The van der Waals surface area contributed by atoms with E-state index in [1.807, 2.05) is 6.08 Å². The fourth-order valence-corrected chi connectivity index (χ4v) is 2.03. The van der Waals surface area contributed by atoms with E-state index in [1.165, 1.54) is 50.5 Å². The van der Waals surface area contributed by atoms with Crippen LogP contribution in [0.3, 0.4) is 0 Å². The summed E-state index contributed by atoms with van der Waals surface area (Å²) in [7, 11) is 0. The van der Waals surface area contributed by atoms with E-state index in [1.54, 1.807) is 0 Å². The van der Waals surface area contributed by atoms with Gasteiger partial charge < -0.3 is 4.74 Å². The van der Waals surface area contributed by atoms with Gasteiger partial charge in [-0.1, -0.05) is 37.5 Å². The minimum atomic E-state index is 0.781. The molecule has 1 nitrogen and oxygen atoms in total. The van der Waals surface area contributed by atoms with E-state index in [2.05, 4.69) is 33.4 Å². The van der Waals surface area contributed by atoms with Gasteiger partial charge in [0.2, 0.25) is 0 Å². The van der Waals surface area contributed by atoms with E-state index in [4.69, 9.17) is 4.74 Å². The van der Waals surface area contributed by atoms with E-state index in [0.29, 0.717) is 0 Å². The van der Waals surface area contributed by atoms with Crippen molar-refractivity contribution in [1.29, 1.82) is 0 Å². The van der Waals surface area contributed by atoms with Crippen LogP contribution in [0.5, 0.6) is 0 Å². The molecule has 112 valence electrons. The molecule has 1 heteroatoms. The molecule has 0 amide bonds. The Bertz CT molecular complexity index is 226. The smallest absolute Gasteiger partial charge is 0.0468 e. The second-order valence-corrected chi connectivity index (χ2v) is 5.86. The van der Waals surface area contributed by atoms with Gasteiger partial charge in [-0.2, -0.15) is 0 Å². The first-order valence-corrected chi connectivity index (χ1v) is 7.98. The molecule has 0 saturated carbocycles. The topological polar surface area (TPSA) is 9.23 Å². The standard InChI is InChI=1S/C18H34O/c1-5-6-7-8-9-10-15-19-16-14-18(4)13-11-12-17(2)3/h5,12,18H,1,6-11,13-16H2,2-4H3. The molecular weight excluding hydrogens is 232 g/mol. The van der Waals surface area contributed by atoms with Crippen LogP contribution in [0.15, 0.2) is 24.3 Å². The molecule has 0 aromatic rings. The summed E-state index contributed by atoms with van der Waals surface area (Å²) in [5.41, 5.74) is 1.43. The minimum absolute atomic E-state index is 0.781. The van der Waals surface area contributed by atoms with Gasteiger partial charge in [0.1, 0.15) is 0 Å². The lowest BCUT2D eigenvalue weighted by Crippen LogP contribution is -2.03. The van der Waals surface area contributed by atoms with Crippen molar-refractivity contribution >= 4 is 0 Å². The SMILES string of the molecule is C=CCCCCCCOCCC(C)CCC=C(C)C. The van der Waals surface area contributed by atoms with Gasteiger partial charge in [-0.3, -0.25) is 0 Å². The quantitative estimate of drug-likeness (QED) is 0.297. The van der Waals surface area contributed by atoms with Crippen molar-refractivity contribution in [3.8, 4) is 0 Å². The van der Waals surface area contributed by atoms with Crippen LogP contribution in [0.1, 0.15) is 72.1 Å². The zero-order valence-corrected chi connectivity index (χ0v) is 13.4. The highest BCUT2D eigenvalue weighted by Crippen LogP contribution is 2.12. The summed E-state index contributed by atoms with van der Waals surface area (Å²) in [6.45, 7) is 12.3. The lowest BCUT2D eigenvalue weighted by atomic mass is 10.0. The zero-order chi connectivity index (χ0) is 14.3. The van der Waals surface area contributed by atoms with Crippen molar-refractivity contribution in [2.75, 3.05) is 13.2 Å². The van der Waals surface area contributed by atoms with Gasteiger partial charge in [0, 0.05) is 13.2 Å². The predicted molar refractivity (Wildman–Crippen MR) is 86.5 cm³/mol. The average Bonchev–Trinajstić information content (AvgIpc) is 2.36. The first-order valence-electron chi connectivity index (χ1n) is 7.98. The van der Waals surface area contributed by atoms with E-state index in [9.17, 15) is 0 Å². The van der Waals surface area contributed by atoms with Gasteiger partial charge >= 0.3 is 0 Å². The molecule has 0 bridgehead atoms. The molecule has 0 aliphatic carbocycles. The predicted octanol–water partition coefficient (Wildman–Crippen LogP) is 5.91. The number of hydrogen-bond donors (Lipinski definition) is 0. The van der Waals surface area contributed by atoms with E-state index in [-0.39, 0.29) is 0 Å². The number of rotatable bonds is 13. The molecule has 0 heterocycles. The van der Waals surface area contributed by atoms with Crippen LogP contribution >= 0.6 is 0 Å². The number of allylic oxidation sites excluding steroid dienone is 3. The zero-order valence-electron chi connectivity index (χ0n) is 13.4.